The molecular formula is C25H23F3N4O3S. The number of fused-ring (bicyclic) bond motifs is 1. The summed E-state index contributed by atoms with van der Waals surface area (Å²) in [5.41, 5.74) is 3.65. The number of halogens is 3. The lowest BCUT2D eigenvalue weighted by Gasteiger charge is -2.26. The molecule has 0 bridgehead atoms. The van der Waals surface area contributed by atoms with Crippen molar-refractivity contribution in [3.05, 3.63) is 82.4 Å². The van der Waals surface area contributed by atoms with E-state index < -0.39 is 38.9 Å². The molecule has 5 rings (SSSR count). The largest absolute Gasteiger partial charge is 0.286 e. The minimum absolute atomic E-state index is 0.131. The van der Waals surface area contributed by atoms with Gasteiger partial charge in [-0.25, -0.2) is 31.3 Å². The standard InChI is InChI=1S/C25H23F3N4O3S/c26-18-6-4-16(5-7-18)12-17-14-36(34,35)15-20-23(25(33)30-31-10-2-1-3-11-31)29-32(24(17)20)22-9-8-19(27)13-21(22)28/h4-9,12-13H,1-3,10-11,14-15H2,(H,30,33). The molecule has 36 heavy (non-hydrogen) atoms. The molecular weight excluding hydrogens is 493 g/mol. The molecule has 0 aliphatic carbocycles. The molecule has 1 aromatic heterocycles. The fraction of sp³-hybridized carbons (Fsp3) is 0.280. The number of nitrogens with zero attached hydrogens (tertiary/aromatic N) is 3. The summed E-state index contributed by atoms with van der Waals surface area (Å²) in [5.74, 6) is -3.62. The molecule has 3 heterocycles. The van der Waals surface area contributed by atoms with Gasteiger partial charge in [-0.1, -0.05) is 18.6 Å². The van der Waals surface area contributed by atoms with E-state index in [4.69, 9.17) is 0 Å². The number of hydrogen-bond donors (Lipinski definition) is 1. The Labute approximate surface area is 206 Å². The summed E-state index contributed by atoms with van der Waals surface area (Å²) < 4.78 is 68.8. The number of sulfone groups is 1. The van der Waals surface area contributed by atoms with Crippen LogP contribution in [0.4, 0.5) is 13.2 Å². The molecule has 1 fully saturated rings. The van der Waals surface area contributed by atoms with Crippen LogP contribution in [0.3, 0.4) is 0 Å². The Morgan fingerprint density at radius 2 is 1.64 bits per heavy atom. The van der Waals surface area contributed by atoms with Gasteiger partial charge in [-0.2, -0.15) is 5.10 Å². The highest BCUT2D eigenvalue weighted by Gasteiger charge is 2.35. The Balaban J connectivity index is 1.68. The highest BCUT2D eigenvalue weighted by atomic mass is 32.2. The third-order valence-corrected chi connectivity index (χ3v) is 7.69. The topological polar surface area (TPSA) is 84.3 Å². The summed E-state index contributed by atoms with van der Waals surface area (Å²) in [6.07, 6.45) is 4.41. The molecule has 0 spiro atoms. The van der Waals surface area contributed by atoms with Gasteiger partial charge < -0.3 is 0 Å². The zero-order valence-electron chi connectivity index (χ0n) is 19.2. The fourth-order valence-corrected chi connectivity index (χ4v) is 6.08. The van der Waals surface area contributed by atoms with Crippen LogP contribution in [-0.2, 0) is 15.6 Å². The maximum Gasteiger partial charge on any atom is 0.286 e. The number of benzene rings is 2. The molecule has 2 aliphatic rings. The Morgan fingerprint density at radius 3 is 2.33 bits per heavy atom. The normalized spacial score (nSPS) is 18.7. The first-order chi connectivity index (χ1) is 17.2. The molecule has 188 valence electrons. The molecule has 2 aliphatic heterocycles. The maximum atomic E-state index is 14.9. The predicted molar refractivity (Wildman–Crippen MR) is 128 cm³/mol. The fourth-order valence-electron chi connectivity index (χ4n) is 4.58. The smallest absolute Gasteiger partial charge is 0.283 e. The molecule has 0 radical (unpaired) electrons. The van der Waals surface area contributed by atoms with Crippen molar-refractivity contribution >= 4 is 27.4 Å². The molecule has 11 heteroatoms. The molecule has 3 aromatic rings. The zero-order valence-corrected chi connectivity index (χ0v) is 20.0. The van der Waals surface area contributed by atoms with Crippen molar-refractivity contribution in [2.45, 2.75) is 25.0 Å². The van der Waals surface area contributed by atoms with Gasteiger partial charge in [0, 0.05) is 24.7 Å². The second-order valence-electron chi connectivity index (χ2n) is 8.93. The van der Waals surface area contributed by atoms with Gasteiger partial charge in [0.2, 0.25) is 0 Å². The first kappa shape index (κ1) is 24.3. The lowest BCUT2D eigenvalue weighted by Crippen LogP contribution is -2.45. The van der Waals surface area contributed by atoms with Crippen molar-refractivity contribution in [3.8, 4) is 5.69 Å². The number of amides is 1. The highest BCUT2D eigenvalue weighted by Crippen LogP contribution is 2.35. The SMILES string of the molecule is O=C(NN1CCCCC1)c1nn(-c2ccc(F)cc2F)c2c1CS(=O)(=O)CC2=Cc1ccc(F)cc1. The van der Waals surface area contributed by atoms with Crippen LogP contribution < -0.4 is 5.43 Å². The molecule has 0 unspecified atom stereocenters. The highest BCUT2D eigenvalue weighted by molar-refractivity contribution is 7.91. The predicted octanol–water partition coefficient (Wildman–Crippen LogP) is 3.89. The first-order valence-corrected chi connectivity index (χ1v) is 13.3. The van der Waals surface area contributed by atoms with Crippen molar-refractivity contribution < 1.29 is 26.4 Å². The summed E-state index contributed by atoms with van der Waals surface area (Å²) in [5, 5.41) is 6.09. The third-order valence-electron chi connectivity index (χ3n) is 6.21. The molecule has 1 saturated heterocycles. The molecule has 2 aromatic carbocycles. The second-order valence-corrected chi connectivity index (χ2v) is 11.0. The zero-order chi connectivity index (χ0) is 25.4. The minimum Gasteiger partial charge on any atom is -0.283 e. The van der Waals surface area contributed by atoms with Gasteiger partial charge in [-0.15, -0.1) is 0 Å². The lowest BCUT2D eigenvalue weighted by molar-refractivity contribution is 0.0743. The Kier molecular flexibility index (Phi) is 6.44. The summed E-state index contributed by atoms with van der Waals surface area (Å²) in [6, 6.07) is 8.36. The number of piperidine rings is 1. The van der Waals surface area contributed by atoms with Gasteiger partial charge in [-0.05, 0) is 54.3 Å². The van der Waals surface area contributed by atoms with Crippen molar-refractivity contribution in [2.24, 2.45) is 0 Å². The van der Waals surface area contributed by atoms with Gasteiger partial charge >= 0.3 is 0 Å². The second kappa shape index (κ2) is 9.55. The van der Waals surface area contributed by atoms with Crippen molar-refractivity contribution in [3.63, 3.8) is 0 Å². The van der Waals surface area contributed by atoms with E-state index in [1.165, 1.54) is 30.3 Å². The number of nitrogens with one attached hydrogen (secondary N) is 1. The van der Waals surface area contributed by atoms with Crippen LogP contribution in [0.2, 0.25) is 0 Å². The first-order valence-electron chi connectivity index (χ1n) is 11.5. The summed E-state index contributed by atoms with van der Waals surface area (Å²) >= 11 is 0. The number of carbonyl (C=O) groups excluding carboxylic acids is 1. The molecule has 7 nitrogen and oxygen atoms in total. The minimum atomic E-state index is -3.69. The van der Waals surface area contributed by atoms with E-state index >= 15 is 0 Å². The Hall–Kier alpha value is -3.44. The van der Waals surface area contributed by atoms with E-state index in [0.717, 1.165) is 30.0 Å². The number of rotatable bonds is 4. The van der Waals surface area contributed by atoms with Gasteiger partial charge in [0.25, 0.3) is 5.91 Å². The number of hydrazine groups is 1. The number of aromatic nitrogens is 2. The van der Waals surface area contributed by atoms with E-state index in [1.54, 1.807) is 11.1 Å². The van der Waals surface area contributed by atoms with Crippen LogP contribution in [0, 0.1) is 17.5 Å². The molecule has 1 amide bonds. The average molecular weight is 517 g/mol. The maximum absolute atomic E-state index is 14.9. The van der Waals surface area contributed by atoms with Crippen LogP contribution in [0.15, 0.2) is 42.5 Å². The van der Waals surface area contributed by atoms with Crippen molar-refractivity contribution in [1.82, 2.24) is 20.2 Å². The summed E-state index contributed by atoms with van der Waals surface area (Å²) in [6.45, 7) is 1.30. The molecule has 0 saturated carbocycles. The van der Waals surface area contributed by atoms with Crippen molar-refractivity contribution in [1.29, 1.82) is 0 Å². The van der Waals surface area contributed by atoms with Crippen LogP contribution in [0.25, 0.3) is 17.3 Å². The van der Waals surface area contributed by atoms with E-state index in [2.05, 4.69) is 10.5 Å². The van der Waals surface area contributed by atoms with Crippen LogP contribution >= 0.6 is 0 Å². The average Bonchev–Trinajstić information content (AvgIpc) is 3.19. The van der Waals surface area contributed by atoms with E-state index in [9.17, 15) is 26.4 Å². The van der Waals surface area contributed by atoms with E-state index in [-0.39, 0.29) is 34.0 Å². The number of hydrogen-bond acceptors (Lipinski definition) is 5. The number of carbonyl (C=O) groups is 1. The van der Waals surface area contributed by atoms with Gasteiger partial charge in [0.15, 0.2) is 21.3 Å². The van der Waals surface area contributed by atoms with Crippen LogP contribution in [0.1, 0.15) is 46.6 Å². The molecule has 1 N–H and O–H groups in total. The molecule has 0 atom stereocenters. The Morgan fingerprint density at radius 1 is 0.944 bits per heavy atom. The van der Waals surface area contributed by atoms with E-state index in [0.29, 0.717) is 24.7 Å². The third kappa shape index (κ3) is 4.93. The van der Waals surface area contributed by atoms with E-state index in [1.807, 2.05) is 0 Å². The van der Waals surface area contributed by atoms with Gasteiger partial charge in [0.1, 0.15) is 17.3 Å². The van der Waals surface area contributed by atoms with Gasteiger partial charge in [0.05, 0.1) is 17.2 Å². The lowest BCUT2D eigenvalue weighted by atomic mass is 10.0. The quantitative estimate of drug-likeness (QED) is 0.569. The summed E-state index contributed by atoms with van der Waals surface area (Å²) in [7, 11) is -3.69. The van der Waals surface area contributed by atoms with Crippen LogP contribution in [0.5, 0.6) is 0 Å². The van der Waals surface area contributed by atoms with Crippen molar-refractivity contribution in [2.75, 3.05) is 18.8 Å². The van der Waals surface area contributed by atoms with Gasteiger partial charge in [-0.3, -0.25) is 10.2 Å². The summed E-state index contributed by atoms with van der Waals surface area (Å²) in [4.78, 5) is 13.2. The van der Waals surface area contributed by atoms with Crippen LogP contribution in [-0.4, -0.2) is 48.0 Å². The monoisotopic (exact) mass is 516 g/mol. The Bertz CT molecular complexity index is 1460.